The maximum atomic E-state index is 12.7. The van der Waals surface area contributed by atoms with E-state index in [0.717, 1.165) is 64.2 Å². The molecule has 0 saturated heterocycles. The first-order valence-corrected chi connectivity index (χ1v) is 25.1. The third kappa shape index (κ3) is 46.3. The minimum absolute atomic E-state index is 0.0865. The van der Waals surface area contributed by atoms with Crippen molar-refractivity contribution >= 4 is 17.9 Å². The molecular formula is C53H94O6. The Morgan fingerprint density at radius 2 is 0.627 bits per heavy atom. The van der Waals surface area contributed by atoms with Crippen LogP contribution in [0, 0.1) is 0 Å². The number of esters is 3. The fraction of sp³-hybridized carbons (Fsp3) is 0.792. The van der Waals surface area contributed by atoms with E-state index in [0.29, 0.717) is 19.3 Å². The molecule has 0 rings (SSSR count). The van der Waals surface area contributed by atoms with E-state index in [-0.39, 0.29) is 37.5 Å². The van der Waals surface area contributed by atoms with Gasteiger partial charge in [-0.15, -0.1) is 0 Å². The molecule has 0 aliphatic carbocycles. The van der Waals surface area contributed by atoms with Gasteiger partial charge in [0.1, 0.15) is 13.2 Å². The zero-order valence-electron chi connectivity index (χ0n) is 39.0. The van der Waals surface area contributed by atoms with Crippen LogP contribution in [0.25, 0.3) is 0 Å². The molecule has 0 aliphatic heterocycles. The molecule has 0 unspecified atom stereocenters. The number of hydrogen-bond donors (Lipinski definition) is 0. The first-order chi connectivity index (χ1) is 29.0. The number of carbonyl (C=O) groups is 3. The van der Waals surface area contributed by atoms with Gasteiger partial charge in [0.15, 0.2) is 6.10 Å². The molecule has 6 heteroatoms. The molecule has 0 saturated carbocycles. The van der Waals surface area contributed by atoms with Crippen molar-refractivity contribution in [2.75, 3.05) is 13.2 Å². The van der Waals surface area contributed by atoms with Crippen molar-refractivity contribution in [3.8, 4) is 0 Å². The van der Waals surface area contributed by atoms with Gasteiger partial charge in [-0.2, -0.15) is 0 Å². The van der Waals surface area contributed by atoms with Crippen molar-refractivity contribution in [2.24, 2.45) is 0 Å². The summed E-state index contributed by atoms with van der Waals surface area (Å²) in [5.74, 6) is -0.939. The van der Waals surface area contributed by atoms with Crippen LogP contribution in [0.3, 0.4) is 0 Å². The summed E-state index contributed by atoms with van der Waals surface area (Å²) in [7, 11) is 0. The molecule has 342 valence electrons. The molecule has 0 aromatic rings. The Morgan fingerprint density at radius 1 is 0.339 bits per heavy atom. The summed E-state index contributed by atoms with van der Waals surface area (Å²) < 4.78 is 16.7. The first-order valence-electron chi connectivity index (χ1n) is 25.1. The summed E-state index contributed by atoms with van der Waals surface area (Å²) in [5, 5.41) is 0. The van der Waals surface area contributed by atoms with Gasteiger partial charge in [0.05, 0.1) is 0 Å². The Labute approximate surface area is 365 Å². The highest BCUT2D eigenvalue weighted by atomic mass is 16.6. The fourth-order valence-corrected chi connectivity index (χ4v) is 7.02. The van der Waals surface area contributed by atoms with E-state index in [4.69, 9.17) is 14.2 Å². The van der Waals surface area contributed by atoms with E-state index >= 15 is 0 Å². The number of rotatable bonds is 45. The molecule has 0 aliphatic rings. The standard InChI is InChI=1S/C53H94O6/c1-4-7-10-13-16-19-22-25-26-27-28-29-32-34-37-40-43-46-52(55)58-49-50(59-53(56)47-44-41-38-35-31-24-21-18-15-12-9-6-3)48-57-51(54)45-42-39-36-33-30-23-20-17-14-11-8-5-2/h16,19,25-26,28-29,34,37,50H,4-15,17-18,20-24,27,30-33,35-36,38-49H2,1-3H3/b19-16-,26-25-,29-28-,37-34-/t50-/m0/s1. The predicted octanol–water partition coefficient (Wildman–Crippen LogP) is 16.3. The fourth-order valence-electron chi connectivity index (χ4n) is 7.02. The van der Waals surface area contributed by atoms with E-state index in [9.17, 15) is 14.4 Å². The van der Waals surface area contributed by atoms with Gasteiger partial charge < -0.3 is 14.2 Å². The lowest BCUT2D eigenvalue weighted by Crippen LogP contribution is -2.30. The lowest BCUT2D eigenvalue weighted by molar-refractivity contribution is -0.167. The van der Waals surface area contributed by atoms with Gasteiger partial charge in [0.2, 0.25) is 0 Å². The minimum atomic E-state index is -0.789. The summed E-state index contributed by atoms with van der Waals surface area (Å²) in [5.41, 5.74) is 0. The van der Waals surface area contributed by atoms with Crippen LogP contribution in [0.15, 0.2) is 48.6 Å². The van der Waals surface area contributed by atoms with Gasteiger partial charge in [-0.3, -0.25) is 14.4 Å². The lowest BCUT2D eigenvalue weighted by atomic mass is 10.0. The normalized spacial score (nSPS) is 12.4. The SMILES string of the molecule is CCCCC/C=C\C/C=C\C/C=C\C/C=C\CCCC(=O)OC[C@H](COC(=O)CCCCCCCCCCCCCC)OC(=O)CCCCCCCCCCCCCC. The molecule has 59 heavy (non-hydrogen) atoms. The molecule has 0 spiro atoms. The second kappa shape index (κ2) is 48.0. The molecule has 0 radical (unpaired) electrons. The maximum Gasteiger partial charge on any atom is 0.306 e. The van der Waals surface area contributed by atoms with E-state index in [2.05, 4.69) is 69.4 Å². The molecule has 1 atom stereocenters. The van der Waals surface area contributed by atoms with Crippen molar-refractivity contribution in [3.05, 3.63) is 48.6 Å². The van der Waals surface area contributed by atoms with Crippen molar-refractivity contribution in [2.45, 2.75) is 258 Å². The number of carbonyl (C=O) groups excluding carboxylic acids is 3. The van der Waals surface area contributed by atoms with Crippen molar-refractivity contribution in [3.63, 3.8) is 0 Å². The predicted molar refractivity (Wildman–Crippen MR) is 252 cm³/mol. The monoisotopic (exact) mass is 827 g/mol. The van der Waals surface area contributed by atoms with E-state index < -0.39 is 6.10 Å². The van der Waals surface area contributed by atoms with Gasteiger partial charge in [-0.1, -0.05) is 223 Å². The molecule has 6 nitrogen and oxygen atoms in total. The average molecular weight is 827 g/mol. The third-order valence-corrected chi connectivity index (χ3v) is 10.8. The van der Waals surface area contributed by atoms with Crippen LogP contribution in [0.4, 0.5) is 0 Å². The summed E-state index contributed by atoms with van der Waals surface area (Å²) in [6.45, 7) is 6.56. The van der Waals surface area contributed by atoms with Gasteiger partial charge in [-0.25, -0.2) is 0 Å². The van der Waals surface area contributed by atoms with Crippen LogP contribution in [0.2, 0.25) is 0 Å². The van der Waals surface area contributed by atoms with E-state index in [1.54, 1.807) is 0 Å². The second-order valence-electron chi connectivity index (χ2n) is 16.7. The topological polar surface area (TPSA) is 78.9 Å². The Balaban J connectivity index is 4.43. The van der Waals surface area contributed by atoms with Crippen molar-refractivity contribution in [1.82, 2.24) is 0 Å². The highest BCUT2D eigenvalue weighted by Crippen LogP contribution is 2.15. The van der Waals surface area contributed by atoms with E-state index in [1.165, 1.54) is 141 Å². The molecule has 0 N–H and O–H groups in total. The Bertz CT molecular complexity index is 1040. The lowest BCUT2D eigenvalue weighted by Gasteiger charge is -2.18. The summed E-state index contributed by atoms with van der Waals surface area (Å²) in [6.07, 6.45) is 56.6. The highest BCUT2D eigenvalue weighted by Gasteiger charge is 2.19. The molecule has 0 fully saturated rings. The number of ether oxygens (including phenoxy) is 3. The van der Waals surface area contributed by atoms with Crippen LogP contribution in [-0.4, -0.2) is 37.2 Å². The van der Waals surface area contributed by atoms with Gasteiger partial charge in [0.25, 0.3) is 0 Å². The van der Waals surface area contributed by atoms with Crippen molar-refractivity contribution < 1.29 is 28.6 Å². The van der Waals surface area contributed by atoms with Gasteiger partial charge in [-0.05, 0) is 57.8 Å². The zero-order chi connectivity index (χ0) is 43.0. The van der Waals surface area contributed by atoms with E-state index in [1.807, 2.05) is 0 Å². The summed E-state index contributed by atoms with van der Waals surface area (Å²) in [6, 6.07) is 0. The quantitative estimate of drug-likeness (QED) is 0.0263. The molecule has 0 aromatic carbocycles. The Morgan fingerprint density at radius 3 is 1.02 bits per heavy atom. The molecule has 0 amide bonds. The number of allylic oxidation sites excluding steroid dienone is 8. The van der Waals surface area contributed by atoms with Crippen LogP contribution >= 0.6 is 0 Å². The van der Waals surface area contributed by atoms with Crippen LogP contribution in [-0.2, 0) is 28.6 Å². The minimum Gasteiger partial charge on any atom is -0.462 e. The molecular weight excluding hydrogens is 733 g/mol. The Kier molecular flexibility index (Phi) is 45.9. The van der Waals surface area contributed by atoms with Crippen LogP contribution in [0.1, 0.15) is 252 Å². The molecule has 0 bridgehead atoms. The third-order valence-electron chi connectivity index (χ3n) is 10.8. The van der Waals surface area contributed by atoms with Crippen LogP contribution < -0.4 is 0 Å². The number of unbranched alkanes of at least 4 members (excludes halogenated alkanes) is 26. The smallest absolute Gasteiger partial charge is 0.306 e. The van der Waals surface area contributed by atoms with Gasteiger partial charge in [0, 0.05) is 19.3 Å². The Hall–Kier alpha value is -2.63. The first kappa shape index (κ1) is 56.4. The van der Waals surface area contributed by atoms with Crippen LogP contribution in [0.5, 0.6) is 0 Å². The second-order valence-corrected chi connectivity index (χ2v) is 16.7. The summed E-state index contributed by atoms with van der Waals surface area (Å²) in [4.78, 5) is 37.8. The molecule has 0 aromatic heterocycles. The largest absolute Gasteiger partial charge is 0.462 e. The van der Waals surface area contributed by atoms with Crippen molar-refractivity contribution in [1.29, 1.82) is 0 Å². The zero-order valence-corrected chi connectivity index (χ0v) is 39.0. The average Bonchev–Trinajstić information content (AvgIpc) is 3.23. The van der Waals surface area contributed by atoms with Gasteiger partial charge >= 0.3 is 17.9 Å². The highest BCUT2D eigenvalue weighted by molar-refractivity contribution is 5.71. The summed E-state index contributed by atoms with van der Waals surface area (Å²) >= 11 is 0. The number of hydrogen-bond acceptors (Lipinski definition) is 6. The maximum absolute atomic E-state index is 12.7. The molecule has 0 heterocycles.